The van der Waals surface area contributed by atoms with Crippen molar-refractivity contribution in [2.24, 2.45) is 0 Å². The summed E-state index contributed by atoms with van der Waals surface area (Å²) in [6.45, 7) is 0.581. The van der Waals surface area contributed by atoms with Gasteiger partial charge >= 0.3 is 0 Å². The summed E-state index contributed by atoms with van der Waals surface area (Å²) in [6, 6.07) is 11.0. The van der Waals surface area contributed by atoms with Crippen LogP contribution < -0.4 is 5.32 Å². The van der Waals surface area contributed by atoms with E-state index >= 15 is 0 Å². The average Bonchev–Trinajstić information content (AvgIpc) is 3.24. The summed E-state index contributed by atoms with van der Waals surface area (Å²) >= 11 is 0. The standard InChI is InChI=1S/C16H16N4O2/c21-16(18-9-3-5-12-6-4-10-22-12)15-11-14(19-20-15)13-7-1-2-8-17-13/h1-2,4,6-8,10-11H,3,5,9H2,(H,18,21)(H,19,20). The van der Waals surface area contributed by atoms with E-state index in [0.717, 1.165) is 24.3 Å². The number of H-pyrrole nitrogens is 1. The molecule has 3 heterocycles. The first kappa shape index (κ1) is 14.1. The highest BCUT2D eigenvalue weighted by Gasteiger charge is 2.11. The summed E-state index contributed by atoms with van der Waals surface area (Å²) in [5.74, 6) is 0.752. The summed E-state index contributed by atoms with van der Waals surface area (Å²) in [4.78, 5) is 16.2. The molecular weight excluding hydrogens is 280 g/mol. The molecule has 0 aromatic carbocycles. The van der Waals surface area contributed by atoms with Crippen molar-refractivity contribution < 1.29 is 9.21 Å². The first-order valence-corrected chi connectivity index (χ1v) is 7.10. The van der Waals surface area contributed by atoms with Gasteiger partial charge in [-0.05, 0) is 36.8 Å². The lowest BCUT2D eigenvalue weighted by molar-refractivity contribution is 0.0948. The fourth-order valence-electron chi connectivity index (χ4n) is 2.10. The molecule has 112 valence electrons. The van der Waals surface area contributed by atoms with Crippen molar-refractivity contribution in [3.8, 4) is 11.4 Å². The van der Waals surface area contributed by atoms with E-state index in [4.69, 9.17) is 4.42 Å². The van der Waals surface area contributed by atoms with Crippen molar-refractivity contribution in [3.05, 3.63) is 60.3 Å². The van der Waals surface area contributed by atoms with Gasteiger partial charge in [-0.1, -0.05) is 6.07 Å². The lowest BCUT2D eigenvalue weighted by Gasteiger charge is -2.02. The summed E-state index contributed by atoms with van der Waals surface area (Å²) in [7, 11) is 0. The minimum atomic E-state index is -0.172. The van der Waals surface area contributed by atoms with E-state index in [1.807, 2.05) is 30.3 Å². The highest BCUT2D eigenvalue weighted by Crippen LogP contribution is 2.14. The highest BCUT2D eigenvalue weighted by atomic mass is 16.3. The molecule has 3 rings (SSSR count). The summed E-state index contributed by atoms with van der Waals surface area (Å²) in [5.41, 5.74) is 1.82. The van der Waals surface area contributed by atoms with Crippen molar-refractivity contribution >= 4 is 5.91 Å². The number of aromatic amines is 1. The molecule has 2 N–H and O–H groups in total. The zero-order valence-electron chi connectivity index (χ0n) is 12.0. The molecule has 6 heteroatoms. The zero-order valence-corrected chi connectivity index (χ0v) is 12.0. The van der Waals surface area contributed by atoms with Crippen molar-refractivity contribution in [2.75, 3.05) is 6.54 Å². The predicted molar refractivity (Wildman–Crippen MR) is 81.2 cm³/mol. The van der Waals surface area contributed by atoms with Crippen LogP contribution in [-0.2, 0) is 6.42 Å². The number of aryl methyl sites for hydroxylation is 1. The van der Waals surface area contributed by atoms with Crippen molar-refractivity contribution in [2.45, 2.75) is 12.8 Å². The number of aromatic nitrogens is 3. The fraction of sp³-hybridized carbons (Fsp3) is 0.188. The molecule has 0 atom stereocenters. The van der Waals surface area contributed by atoms with Crippen LogP contribution in [0.2, 0.25) is 0 Å². The number of rotatable bonds is 6. The maximum Gasteiger partial charge on any atom is 0.269 e. The topological polar surface area (TPSA) is 83.8 Å². The zero-order chi connectivity index (χ0) is 15.2. The second kappa shape index (κ2) is 6.71. The molecule has 0 unspecified atom stereocenters. The number of hydrogen-bond acceptors (Lipinski definition) is 4. The normalized spacial score (nSPS) is 10.5. The molecule has 6 nitrogen and oxygen atoms in total. The van der Waals surface area contributed by atoms with Crippen molar-refractivity contribution in [1.29, 1.82) is 0 Å². The number of nitrogens with zero attached hydrogens (tertiary/aromatic N) is 2. The molecule has 3 aromatic rings. The molecule has 0 radical (unpaired) electrons. The minimum absolute atomic E-state index is 0.172. The summed E-state index contributed by atoms with van der Waals surface area (Å²) in [5, 5.41) is 9.70. The summed E-state index contributed by atoms with van der Waals surface area (Å²) in [6.07, 6.45) is 4.96. The van der Waals surface area contributed by atoms with E-state index in [1.165, 1.54) is 0 Å². The molecule has 1 amide bonds. The molecule has 0 aliphatic heterocycles. The molecule has 0 aliphatic rings. The van der Waals surface area contributed by atoms with Gasteiger partial charge in [0.2, 0.25) is 0 Å². The third kappa shape index (κ3) is 3.41. The number of carbonyl (C=O) groups is 1. The first-order valence-electron chi connectivity index (χ1n) is 7.10. The van der Waals surface area contributed by atoms with Crippen molar-refractivity contribution in [3.63, 3.8) is 0 Å². The Balaban J connectivity index is 1.51. The number of amides is 1. The maximum absolute atomic E-state index is 12.0. The van der Waals surface area contributed by atoms with Gasteiger partial charge in [-0.15, -0.1) is 0 Å². The van der Waals surface area contributed by atoms with Gasteiger partial charge < -0.3 is 9.73 Å². The smallest absolute Gasteiger partial charge is 0.269 e. The predicted octanol–water partition coefficient (Wildman–Crippen LogP) is 2.43. The fourth-order valence-corrected chi connectivity index (χ4v) is 2.10. The van der Waals surface area contributed by atoms with E-state index in [1.54, 1.807) is 18.5 Å². The third-order valence-corrected chi connectivity index (χ3v) is 3.22. The number of pyridine rings is 1. The van der Waals surface area contributed by atoms with Crippen LogP contribution >= 0.6 is 0 Å². The average molecular weight is 296 g/mol. The molecule has 3 aromatic heterocycles. The van der Waals surface area contributed by atoms with E-state index in [2.05, 4.69) is 20.5 Å². The Kier molecular flexibility index (Phi) is 4.29. The summed E-state index contributed by atoms with van der Waals surface area (Å²) < 4.78 is 5.24. The lowest BCUT2D eigenvalue weighted by Crippen LogP contribution is -2.25. The Bertz CT molecular complexity index is 720. The Morgan fingerprint density at radius 1 is 1.23 bits per heavy atom. The first-order chi connectivity index (χ1) is 10.8. The van der Waals surface area contributed by atoms with Gasteiger partial charge in [0, 0.05) is 19.2 Å². The Morgan fingerprint density at radius 2 is 2.18 bits per heavy atom. The van der Waals surface area contributed by atoms with Crippen LogP contribution in [0, 0.1) is 0 Å². The SMILES string of the molecule is O=C(NCCCc1ccco1)c1cc(-c2ccccn2)n[nH]1. The Labute approximate surface area is 127 Å². The van der Waals surface area contributed by atoms with Crippen molar-refractivity contribution in [1.82, 2.24) is 20.5 Å². The highest BCUT2D eigenvalue weighted by molar-refractivity contribution is 5.93. The van der Waals surface area contributed by atoms with Gasteiger partial charge in [0.15, 0.2) is 0 Å². The quantitative estimate of drug-likeness (QED) is 0.684. The molecule has 0 spiro atoms. The van der Waals surface area contributed by atoms with E-state index < -0.39 is 0 Å². The largest absolute Gasteiger partial charge is 0.469 e. The number of hydrogen-bond donors (Lipinski definition) is 2. The number of nitrogens with one attached hydrogen (secondary N) is 2. The molecule has 0 saturated carbocycles. The van der Waals surface area contributed by atoms with Crippen LogP contribution in [0.25, 0.3) is 11.4 Å². The Morgan fingerprint density at radius 3 is 2.95 bits per heavy atom. The van der Waals surface area contributed by atoms with Gasteiger partial charge in [0.1, 0.15) is 17.1 Å². The van der Waals surface area contributed by atoms with Crippen LogP contribution in [0.4, 0.5) is 0 Å². The van der Waals surface area contributed by atoms with Crippen LogP contribution in [-0.4, -0.2) is 27.6 Å². The van der Waals surface area contributed by atoms with Gasteiger partial charge in [-0.2, -0.15) is 5.10 Å². The monoisotopic (exact) mass is 296 g/mol. The van der Waals surface area contributed by atoms with Crippen LogP contribution in [0.15, 0.2) is 53.3 Å². The van der Waals surface area contributed by atoms with Gasteiger partial charge in [-0.25, -0.2) is 0 Å². The van der Waals surface area contributed by atoms with Crippen LogP contribution in [0.1, 0.15) is 22.7 Å². The van der Waals surface area contributed by atoms with Crippen LogP contribution in [0.3, 0.4) is 0 Å². The van der Waals surface area contributed by atoms with Crippen LogP contribution in [0.5, 0.6) is 0 Å². The minimum Gasteiger partial charge on any atom is -0.469 e. The maximum atomic E-state index is 12.0. The molecule has 0 bridgehead atoms. The molecular formula is C16H16N4O2. The van der Waals surface area contributed by atoms with E-state index in [0.29, 0.717) is 17.9 Å². The lowest BCUT2D eigenvalue weighted by atomic mass is 10.2. The third-order valence-electron chi connectivity index (χ3n) is 3.22. The molecule has 0 aliphatic carbocycles. The molecule has 22 heavy (non-hydrogen) atoms. The van der Waals surface area contributed by atoms with E-state index in [9.17, 15) is 4.79 Å². The second-order valence-electron chi connectivity index (χ2n) is 4.82. The Hall–Kier alpha value is -2.89. The number of carbonyl (C=O) groups excluding carboxylic acids is 1. The van der Waals surface area contributed by atoms with Gasteiger partial charge in [0.05, 0.1) is 12.0 Å². The van der Waals surface area contributed by atoms with Gasteiger partial charge in [0.25, 0.3) is 5.91 Å². The van der Waals surface area contributed by atoms with E-state index in [-0.39, 0.29) is 5.91 Å². The molecule has 0 fully saturated rings. The second-order valence-corrected chi connectivity index (χ2v) is 4.82. The number of furan rings is 1. The van der Waals surface area contributed by atoms with Gasteiger partial charge in [-0.3, -0.25) is 14.9 Å². The molecule has 0 saturated heterocycles.